The molecule has 0 saturated heterocycles. The summed E-state index contributed by atoms with van der Waals surface area (Å²) in [6.45, 7) is 1.75. The first-order chi connectivity index (χ1) is 9.06. The van der Waals surface area contributed by atoms with Crippen LogP contribution in [0.5, 0.6) is 0 Å². The molecule has 1 atom stereocenters. The molecule has 1 amide bonds. The molecule has 0 bridgehead atoms. The van der Waals surface area contributed by atoms with Crippen LogP contribution < -0.4 is 5.32 Å². The van der Waals surface area contributed by atoms with E-state index < -0.39 is 6.10 Å². The lowest BCUT2D eigenvalue weighted by Crippen LogP contribution is -2.30. The van der Waals surface area contributed by atoms with E-state index in [2.05, 4.69) is 10.4 Å². The normalized spacial score (nSPS) is 12.2. The number of benzene rings is 1. The van der Waals surface area contributed by atoms with Gasteiger partial charge in [-0.25, -0.2) is 9.07 Å². The zero-order chi connectivity index (χ0) is 13.8. The van der Waals surface area contributed by atoms with Crippen LogP contribution in [0.4, 0.5) is 4.39 Å². The fourth-order valence-corrected chi connectivity index (χ4v) is 1.51. The van der Waals surface area contributed by atoms with Gasteiger partial charge in [0.25, 0.3) is 5.91 Å². The minimum atomic E-state index is -0.608. The third-order valence-corrected chi connectivity index (χ3v) is 2.47. The van der Waals surface area contributed by atoms with Crippen LogP contribution in [0.3, 0.4) is 0 Å². The van der Waals surface area contributed by atoms with E-state index in [1.807, 2.05) is 0 Å². The van der Waals surface area contributed by atoms with E-state index in [1.165, 1.54) is 16.8 Å². The Morgan fingerprint density at radius 3 is 2.74 bits per heavy atom. The summed E-state index contributed by atoms with van der Waals surface area (Å²) in [6, 6.07) is 7.34. The van der Waals surface area contributed by atoms with E-state index in [0.717, 1.165) is 0 Å². The van der Waals surface area contributed by atoms with E-state index in [1.54, 1.807) is 31.3 Å². The topological polar surface area (TPSA) is 67.2 Å². The minimum absolute atomic E-state index is 0.169. The van der Waals surface area contributed by atoms with Crippen LogP contribution in [-0.4, -0.2) is 33.4 Å². The van der Waals surface area contributed by atoms with Crippen LogP contribution in [0.25, 0.3) is 5.69 Å². The molecule has 1 aromatic heterocycles. The maximum Gasteiger partial charge on any atom is 0.271 e. The number of amides is 1. The molecule has 0 saturated carbocycles. The maximum atomic E-state index is 12.8. The number of aliphatic hydroxyl groups is 1. The smallest absolute Gasteiger partial charge is 0.271 e. The van der Waals surface area contributed by atoms with Gasteiger partial charge in [-0.05, 0) is 37.3 Å². The summed E-state index contributed by atoms with van der Waals surface area (Å²) in [4.78, 5) is 11.7. The molecule has 2 N–H and O–H groups in total. The Bertz CT molecular complexity index is 564. The van der Waals surface area contributed by atoms with Gasteiger partial charge in [0.2, 0.25) is 0 Å². The number of carbonyl (C=O) groups excluding carboxylic acids is 1. The summed E-state index contributed by atoms with van der Waals surface area (Å²) >= 11 is 0. The van der Waals surface area contributed by atoms with Crippen LogP contribution in [0.2, 0.25) is 0 Å². The number of rotatable bonds is 4. The van der Waals surface area contributed by atoms with Crippen molar-refractivity contribution < 1.29 is 14.3 Å². The Kier molecular flexibility index (Phi) is 3.91. The summed E-state index contributed by atoms with van der Waals surface area (Å²) in [5, 5.41) is 15.7. The standard InChI is InChI=1S/C13H14FN3O2/c1-9(18)8-15-13(19)12-6-7-17(16-12)11-4-2-10(14)3-5-11/h2-7,9,18H,8H2,1H3,(H,15,19)/t9-/m1/s1. The van der Waals surface area contributed by atoms with Gasteiger partial charge in [0.15, 0.2) is 5.69 Å². The van der Waals surface area contributed by atoms with Crippen molar-refractivity contribution in [3.63, 3.8) is 0 Å². The quantitative estimate of drug-likeness (QED) is 0.868. The largest absolute Gasteiger partial charge is 0.392 e. The second kappa shape index (κ2) is 5.62. The van der Waals surface area contributed by atoms with Gasteiger partial charge >= 0.3 is 0 Å². The SMILES string of the molecule is C[C@@H](O)CNC(=O)c1ccn(-c2ccc(F)cc2)n1. The Hall–Kier alpha value is -2.21. The number of aliphatic hydroxyl groups excluding tert-OH is 1. The number of hydrogen-bond acceptors (Lipinski definition) is 3. The van der Waals surface area contributed by atoms with Crippen molar-refractivity contribution in [2.45, 2.75) is 13.0 Å². The van der Waals surface area contributed by atoms with Gasteiger partial charge in [0.05, 0.1) is 11.8 Å². The minimum Gasteiger partial charge on any atom is -0.392 e. The molecule has 2 aromatic rings. The zero-order valence-electron chi connectivity index (χ0n) is 10.4. The molecule has 6 heteroatoms. The van der Waals surface area contributed by atoms with Crippen LogP contribution in [0.1, 0.15) is 17.4 Å². The lowest BCUT2D eigenvalue weighted by Gasteiger charge is -2.05. The van der Waals surface area contributed by atoms with E-state index in [-0.39, 0.29) is 24.0 Å². The molecule has 0 radical (unpaired) electrons. The molecular formula is C13H14FN3O2. The van der Waals surface area contributed by atoms with Crippen LogP contribution in [0, 0.1) is 5.82 Å². The van der Waals surface area contributed by atoms with Crippen molar-refractivity contribution in [2.75, 3.05) is 6.54 Å². The molecule has 0 aliphatic heterocycles. The van der Waals surface area contributed by atoms with Crippen molar-refractivity contribution >= 4 is 5.91 Å². The summed E-state index contributed by atoms with van der Waals surface area (Å²) in [5.41, 5.74) is 0.904. The molecule has 0 aliphatic rings. The molecule has 100 valence electrons. The van der Waals surface area contributed by atoms with Gasteiger partial charge < -0.3 is 10.4 Å². The molecule has 0 unspecified atom stereocenters. The molecule has 2 rings (SSSR count). The number of halogens is 1. The fourth-order valence-electron chi connectivity index (χ4n) is 1.51. The molecule has 5 nitrogen and oxygen atoms in total. The maximum absolute atomic E-state index is 12.8. The predicted molar refractivity (Wildman–Crippen MR) is 67.5 cm³/mol. The second-order valence-corrected chi connectivity index (χ2v) is 4.18. The molecule has 0 spiro atoms. The first-order valence-corrected chi connectivity index (χ1v) is 5.84. The highest BCUT2D eigenvalue weighted by molar-refractivity contribution is 5.92. The van der Waals surface area contributed by atoms with Crippen molar-refractivity contribution in [3.05, 3.63) is 48.0 Å². The van der Waals surface area contributed by atoms with Crippen molar-refractivity contribution in [2.24, 2.45) is 0 Å². The highest BCUT2D eigenvalue weighted by atomic mass is 19.1. The van der Waals surface area contributed by atoms with Gasteiger partial charge in [-0.3, -0.25) is 4.79 Å². The van der Waals surface area contributed by atoms with Gasteiger partial charge in [-0.15, -0.1) is 0 Å². The van der Waals surface area contributed by atoms with Crippen molar-refractivity contribution in [1.82, 2.24) is 15.1 Å². The molecule has 1 heterocycles. The molecule has 1 aromatic carbocycles. The lowest BCUT2D eigenvalue weighted by molar-refractivity contribution is 0.0918. The van der Waals surface area contributed by atoms with Crippen molar-refractivity contribution in [1.29, 1.82) is 0 Å². The number of aromatic nitrogens is 2. The van der Waals surface area contributed by atoms with E-state index in [0.29, 0.717) is 5.69 Å². The number of nitrogens with zero attached hydrogens (tertiary/aromatic N) is 2. The molecule has 0 fully saturated rings. The third kappa shape index (κ3) is 3.38. The Balaban J connectivity index is 2.10. The first-order valence-electron chi connectivity index (χ1n) is 5.84. The van der Waals surface area contributed by atoms with E-state index in [4.69, 9.17) is 5.11 Å². The monoisotopic (exact) mass is 263 g/mol. The van der Waals surface area contributed by atoms with Crippen LogP contribution >= 0.6 is 0 Å². The van der Waals surface area contributed by atoms with Gasteiger partial charge in [0.1, 0.15) is 5.82 Å². The van der Waals surface area contributed by atoms with E-state index in [9.17, 15) is 9.18 Å². The number of carbonyl (C=O) groups is 1. The first kappa shape index (κ1) is 13.2. The Morgan fingerprint density at radius 2 is 2.11 bits per heavy atom. The highest BCUT2D eigenvalue weighted by Crippen LogP contribution is 2.08. The van der Waals surface area contributed by atoms with Crippen LogP contribution in [0.15, 0.2) is 36.5 Å². The van der Waals surface area contributed by atoms with Gasteiger partial charge in [-0.2, -0.15) is 5.10 Å². The Morgan fingerprint density at radius 1 is 1.42 bits per heavy atom. The summed E-state index contributed by atoms with van der Waals surface area (Å²) in [6.07, 6.45) is 1.01. The van der Waals surface area contributed by atoms with E-state index >= 15 is 0 Å². The highest BCUT2D eigenvalue weighted by Gasteiger charge is 2.10. The third-order valence-electron chi connectivity index (χ3n) is 2.47. The molecule has 0 aliphatic carbocycles. The fraction of sp³-hybridized carbons (Fsp3) is 0.231. The predicted octanol–water partition coefficient (Wildman–Crippen LogP) is 1.12. The molecule has 19 heavy (non-hydrogen) atoms. The number of nitrogens with one attached hydrogen (secondary N) is 1. The molecular weight excluding hydrogens is 249 g/mol. The zero-order valence-corrected chi connectivity index (χ0v) is 10.4. The van der Waals surface area contributed by atoms with Gasteiger partial charge in [0, 0.05) is 12.7 Å². The lowest BCUT2D eigenvalue weighted by atomic mass is 10.3. The summed E-state index contributed by atoms with van der Waals surface area (Å²) < 4.78 is 14.3. The summed E-state index contributed by atoms with van der Waals surface area (Å²) in [5.74, 6) is -0.687. The van der Waals surface area contributed by atoms with Gasteiger partial charge in [-0.1, -0.05) is 0 Å². The average molecular weight is 263 g/mol. The number of hydrogen-bond donors (Lipinski definition) is 2. The average Bonchev–Trinajstić information content (AvgIpc) is 2.86. The van der Waals surface area contributed by atoms with Crippen molar-refractivity contribution in [3.8, 4) is 5.69 Å². The summed E-state index contributed by atoms with van der Waals surface area (Å²) in [7, 11) is 0. The van der Waals surface area contributed by atoms with Crippen LogP contribution in [-0.2, 0) is 0 Å². The second-order valence-electron chi connectivity index (χ2n) is 4.18. The Labute approximate surface area is 109 Å².